The number of aromatic nitrogens is 2. The van der Waals surface area contributed by atoms with Crippen molar-refractivity contribution >= 4 is 11.0 Å². The van der Waals surface area contributed by atoms with Gasteiger partial charge in [0.15, 0.2) is 0 Å². The molecule has 2 aromatic rings. The van der Waals surface area contributed by atoms with Crippen LogP contribution in [0.25, 0.3) is 11.0 Å². The summed E-state index contributed by atoms with van der Waals surface area (Å²) in [7, 11) is 0. The number of imidazole rings is 1. The summed E-state index contributed by atoms with van der Waals surface area (Å²) in [4.78, 5) is 7.76. The van der Waals surface area contributed by atoms with Gasteiger partial charge in [-0.05, 0) is 18.6 Å². The Hall–Kier alpha value is -1.61. The van der Waals surface area contributed by atoms with Crippen LogP contribution in [0.2, 0.25) is 0 Å². The minimum Gasteiger partial charge on any atom is -0.342 e. The van der Waals surface area contributed by atoms with Crippen LogP contribution in [0.5, 0.6) is 0 Å². The first-order valence-electron chi connectivity index (χ1n) is 5.10. The van der Waals surface area contributed by atoms with Crippen LogP contribution >= 0.6 is 0 Å². The lowest BCUT2D eigenvalue weighted by Crippen LogP contribution is -2.03. The van der Waals surface area contributed by atoms with Gasteiger partial charge in [0.05, 0.1) is 11.0 Å². The first-order valence-corrected chi connectivity index (χ1v) is 5.10. The normalized spacial score (nSPS) is 10.7. The SMILES string of the molecule is C=C(CN)CCc1nc2ccccc2[nH]1. The molecule has 0 saturated heterocycles. The van der Waals surface area contributed by atoms with Gasteiger partial charge in [-0.1, -0.05) is 24.3 Å². The van der Waals surface area contributed by atoms with Gasteiger partial charge in [0.2, 0.25) is 0 Å². The van der Waals surface area contributed by atoms with E-state index >= 15 is 0 Å². The van der Waals surface area contributed by atoms with E-state index in [-0.39, 0.29) is 0 Å². The Morgan fingerprint density at radius 3 is 2.93 bits per heavy atom. The summed E-state index contributed by atoms with van der Waals surface area (Å²) in [5.41, 5.74) is 8.65. The molecule has 0 spiro atoms. The largest absolute Gasteiger partial charge is 0.342 e. The third kappa shape index (κ3) is 2.25. The molecule has 3 heteroatoms. The summed E-state index contributed by atoms with van der Waals surface area (Å²) in [6.07, 6.45) is 1.78. The number of nitrogens with two attached hydrogens (primary N) is 1. The Labute approximate surface area is 89.0 Å². The lowest BCUT2D eigenvalue weighted by atomic mass is 10.1. The van der Waals surface area contributed by atoms with Crippen molar-refractivity contribution in [3.8, 4) is 0 Å². The number of nitrogens with one attached hydrogen (secondary N) is 1. The van der Waals surface area contributed by atoms with Crippen LogP contribution in [0.15, 0.2) is 36.4 Å². The molecule has 0 unspecified atom stereocenters. The lowest BCUT2D eigenvalue weighted by molar-refractivity contribution is 0.859. The van der Waals surface area contributed by atoms with Crippen LogP contribution in [-0.4, -0.2) is 16.5 Å². The predicted octanol–water partition coefficient (Wildman–Crippen LogP) is 2.01. The third-order valence-electron chi connectivity index (χ3n) is 2.44. The molecule has 0 atom stereocenters. The van der Waals surface area contributed by atoms with E-state index in [9.17, 15) is 0 Å². The molecule has 15 heavy (non-hydrogen) atoms. The number of hydrogen-bond donors (Lipinski definition) is 2. The number of para-hydroxylation sites is 2. The van der Waals surface area contributed by atoms with Crippen LogP contribution in [0.1, 0.15) is 12.2 Å². The van der Waals surface area contributed by atoms with E-state index in [1.807, 2.05) is 24.3 Å². The number of aromatic amines is 1. The molecule has 3 N–H and O–H groups in total. The Kier molecular flexibility index (Phi) is 2.83. The van der Waals surface area contributed by atoms with E-state index < -0.39 is 0 Å². The highest BCUT2D eigenvalue weighted by molar-refractivity contribution is 5.74. The molecular formula is C12H15N3. The van der Waals surface area contributed by atoms with E-state index in [0.29, 0.717) is 6.54 Å². The van der Waals surface area contributed by atoms with Crippen molar-refractivity contribution < 1.29 is 0 Å². The fourth-order valence-electron chi connectivity index (χ4n) is 1.52. The molecule has 1 aromatic heterocycles. The van der Waals surface area contributed by atoms with Crippen molar-refractivity contribution in [2.45, 2.75) is 12.8 Å². The van der Waals surface area contributed by atoms with Crippen molar-refractivity contribution in [1.29, 1.82) is 0 Å². The molecule has 0 fully saturated rings. The first kappa shape index (κ1) is 9.93. The van der Waals surface area contributed by atoms with Gasteiger partial charge >= 0.3 is 0 Å². The minimum atomic E-state index is 0.556. The molecule has 78 valence electrons. The monoisotopic (exact) mass is 201 g/mol. The zero-order valence-electron chi connectivity index (χ0n) is 8.66. The number of hydrogen-bond acceptors (Lipinski definition) is 2. The van der Waals surface area contributed by atoms with Gasteiger partial charge in [0.25, 0.3) is 0 Å². The van der Waals surface area contributed by atoms with Crippen LogP contribution in [0.4, 0.5) is 0 Å². The number of H-pyrrole nitrogens is 1. The van der Waals surface area contributed by atoms with E-state index in [1.54, 1.807) is 0 Å². The maximum absolute atomic E-state index is 5.48. The molecule has 0 saturated carbocycles. The van der Waals surface area contributed by atoms with Gasteiger partial charge in [0, 0.05) is 13.0 Å². The highest BCUT2D eigenvalue weighted by atomic mass is 14.9. The molecule has 0 bridgehead atoms. The van der Waals surface area contributed by atoms with Crippen molar-refractivity contribution in [1.82, 2.24) is 9.97 Å². The van der Waals surface area contributed by atoms with Crippen LogP contribution < -0.4 is 5.73 Å². The predicted molar refractivity (Wildman–Crippen MR) is 62.6 cm³/mol. The third-order valence-corrected chi connectivity index (χ3v) is 2.44. The van der Waals surface area contributed by atoms with Gasteiger partial charge in [-0.2, -0.15) is 0 Å². The average Bonchev–Trinajstić information content (AvgIpc) is 2.68. The fourth-order valence-corrected chi connectivity index (χ4v) is 1.52. The van der Waals surface area contributed by atoms with Crippen molar-refractivity contribution in [2.75, 3.05) is 6.54 Å². The average molecular weight is 201 g/mol. The standard InChI is InChI=1S/C12H15N3/c1-9(8-13)6-7-12-14-10-4-2-3-5-11(10)15-12/h2-5H,1,6-8,13H2,(H,14,15). The Morgan fingerprint density at radius 2 is 2.20 bits per heavy atom. The molecule has 0 radical (unpaired) electrons. The molecule has 0 amide bonds. The van der Waals surface area contributed by atoms with Gasteiger partial charge in [-0.15, -0.1) is 0 Å². The molecular weight excluding hydrogens is 186 g/mol. The van der Waals surface area contributed by atoms with E-state index in [0.717, 1.165) is 35.3 Å². The Morgan fingerprint density at radius 1 is 1.40 bits per heavy atom. The zero-order valence-corrected chi connectivity index (χ0v) is 8.66. The van der Waals surface area contributed by atoms with E-state index in [4.69, 9.17) is 5.73 Å². The molecule has 1 aromatic carbocycles. The van der Waals surface area contributed by atoms with Crippen molar-refractivity contribution in [3.05, 3.63) is 42.2 Å². The molecule has 0 aliphatic heterocycles. The Bertz CT molecular complexity index is 437. The summed E-state index contributed by atoms with van der Waals surface area (Å²) in [5, 5.41) is 0. The van der Waals surface area contributed by atoms with Gasteiger partial charge in [-0.25, -0.2) is 4.98 Å². The molecule has 1 heterocycles. The molecule has 2 rings (SSSR count). The maximum Gasteiger partial charge on any atom is 0.107 e. The second-order valence-electron chi connectivity index (χ2n) is 3.65. The van der Waals surface area contributed by atoms with Crippen molar-refractivity contribution in [2.24, 2.45) is 5.73 Å². The number of rotatable bonds is 4. The topological polar surface area (TPSA) is 54.7 Å². The van der Waals surface area contributed by atoms with Crippen molar-refractivity contribution in [3.63, 3.8) is 0 Å². The summed E-state index contributed by atoms with van der Waals surface area (Å²) in [6.45, 7) is 4.43. The molecule has 0 aliphatic carbocycles. The fraction of sp³-hybridized carbons (Fsp3) is 0.250. The van der Waals surface area contributed by atoms with E-state index in [1.165, 1.54) is 0 Å². The van der Waals surface area contributed by atoms with E-state index in [2.05, 4.69) is 16.5 Å². The quantitative estimate of drug-likeness (QED) is 0.743. The van der Waals surface area contributed by atoms with Crippen LogP contribution in [-0.2, 0) is 6.42 Å². The maximum atomic E-state index is 5.48. The van der Waals surface area contributed by atoms with Gasteiger partial charge in [0.1, 0.15) is 5.82 Å². The molecule has 3 nitrogen and oxygen atoms in total. The second kappa shape index (κ2) is 4.28. The van der Waals surface area contributed by atoms with Gasteiger partial charge < -0.3 is 10.7 Å². The first-order chi connectivity index (χ1) is 7.29. The van der Waals surface area contributed by atoms with Crippen LogP contribution in [0, 0.1) is 0 Å². The lowest BCUT2D eigenvalue weighted by Gasteiger charge is -1.98. The molecule has 0 aliphatic rings. The summed E-state index contributed by atoms with van der Waals surface area (Å²) >= 11 is 0. The van der Waals surface area contributed by atoms with Crippen LogP contribution in [0.3, 0.4) is 0 Å². The smallest absolute Gasteiger partial charge is 0.107 e. The summed E-state index contributed by atoms with van der Waals surface area (Å²) in [5.74, 6) is 1.01. The minimum absolute atomic E-state index is 0.556. The number of benzene rings is 1. The van der Waals surface area contributed by atoms with Gasteiger partial charge in [-0.3, -0.25) is 0 Å². The number of nitrogens with zero attached hydrogens (tertiary/aromatic N) is 1. The zero-order chi connectivity index (χ0) is 10.7. The number of fused-ring (bicyclic) bond motifs is 1. The highest BCUT2D eigenvalue weighted by Gasteiger charge is 2.01. The highest BCUT2D eigenvalue weighted by Crippen LogP contribution is 2.12. The Balaban J connectivity index is 2.12. The summed E-state index contributed by atoms with van der Waals surface area (Å²) in [6, 6.07) is 8.03. The number of aryl methyl sites for hydroxylation is 1. The summed E-state index contributed by atoms with van der Waals surface area (Å²) < 4.78 is 0. The second-order valence-corrected chi connectivity index (χ2v) is 3.65.